The molecule has 0 aliphatic carbocycles. The van der Waals surface area contributed by atoms with Crippen LogP contribution in [0.3, 0.4) is 0 Å². The highest BCUT2D eigenvalue weighted by molar-refractivity contribution is 4.64. The third-order valence-electron chi connectivity index (χ3n) is 2.94. The van der Waals surface area contributed by atoms with Crippen LogP contribution >= 0.6 is 0 Å². The van der Waals surface area contributed by atoms with Crippen LogP contribution < -0.4 is 5.32 Å². The van der Waals surface area contributed by atoms with Gasteiger partial charge in [0.25, 0.3) is 0 Å². The van der Waals surface area contributed by atoms with E-state index in [2.05, 4.69) is 24.1 Å². The Morgan fingerprint density at radius 1 is 0.944 bits per heavy atom. The fourth-order valence-corrected chi connectivity index (χ4v) is 1.84. The Hall–Kier alpha value is -0.160. The summed E-state index contributed by atoms with van der Waals surface area (Å²) < 4.78 is 10.9. The molecule has 110 valence electrons. The second kappa shape index (κ2) is 13.3. The Labute approximate surface area is 113 Å². The monoisotopic (exact) mass is 260 g/mol. The number of ether oxygens (including phenoxy) is 2. The molecule has 0 saturated carbocycles. The molecule has 4 heteroatoms. The minimum absolute atomic E-state index is 0.580. The van der Waals surface area contributed by atoms with Gasteiger partial charge in [-0.2, -0.15) is 0 Å². The van der Waals surface area contributed by atoms with Crippen LogP contribution in [0.15, 0.2) is 0 Å². The van der Waals surface area contributed by atoms with E-state index in [1.54, 1.807) is 0 Å². The van der Waals surface area contributed by atoms with Gasteiger partial charge < -0.3 is 14.8 Å². The molecule has 0 spiro atoms. The largest absolute Gasteiger partial charge is 0.380 e. The van der Waals surface area contributed by atoms with Crippen LogP contribution in [0.25, 0.3) is 0 Å². The van der Waals surface area contributed by atoms with Gasteiger partial charge in [0.15, 0.2) is 0 Å². The van der Waals surface area contributed by atoms with Crippen LogP contribution in [0.1, 0.15) is 34.1 Å². The summed E-state index contributed by atoms with van der Waals surface area (Å²) in [7, 11) is 0. The highest BCUT2D eigenvalue weighted by Crippen LogP contribution is 1.97. The van der Waals surface area contributed by atoms with Gasteiger partial charge in [-0.05, 0) is 40.3 Å². The molecule has 0 bridgehead atoms. The second-order valence-electron chi connectivity index (χ2n) is 4.48. The fourth-order valence-electron chi connectivity index (χ4n) is 1.84. The molecule has 0 radical (unpaired) electrons. The first-order valence-corrected chi connectivity index (χ1v) is 7.35. The van der Waals surface area contributed by atoms with Crippen LogP contribution in [-0.2, 0) is 9.47 Å². The van der Waals surface area contributed by atoms with Crippen molar-refractivity contribution in [2.75, 3.05) is 52.6 Å². The second-order valence-corrected chi connectivity index (χ2v) is 4.48. The van der Waals surface area contributed by atoms with Gasteiger partial charge in [-0.15, -0.1) is 0 Å². The van der Waals surface area contributed by atoms with Gasteiger partial charge in [0.05, 0.1) is 13.2 Å². The lowest BCUT2D eigenvalue weighted by Crippen LogP contribution is -2.36. The van der Waals surface area contributed by atoms with E-state index in [1.807, 2.05) is 13.8 Å². The van der Waals surface area contributed by atoms with Crippen LogP contribution in [0.4, 0.5) is 0 Å². The molecule has 0 heterocycles. The molecule has 0 aliphatic heterocycles. The Balaban J connectivity index is 3.79. The van der Waals surface area contributed by atoms with Gasteiger partial charge in [-0.3, -0.25) is 4.90 Å². The highest BCUT2D eigenvalue weighted by Gasteiger charge is 2.07. The quantitative estimate of drug-likeness (QED) is 0.512. The van der Waals surface area contributed by atoms with Crippen molar-refractivity contribution < 1.29 is 9.47 Å². The predicted molar refractivity (Wildman–Crippen MR) is 77.2 cm³/mol. The minimum Gasteiger partial charge on any atom is -0.380 e. The zero-order chi connectivity index (χ0) is 13.6. The maximum atomic E-state index is 5.43. The predicted octanol–water partition coefficient (Wildman–Crippen LogP) is 1.75. The Morgan fingerprint density at radius 2 is 1.50 bits per heavy atom. The molecule has 0 aromatic carbocycles. The molecular formula is C14H32N2O2. The van der Waals surface area contributed by atoms with Crippen LogP contribution in [0.5, 0.6) is 0 Å². The van der Waals surface area contributed by atoms with Gasteiger partial charge in [-0.1, -0.05) is 6.92 Å². The van der Waals surface area contributed by atoms with Gasteiger partial charge in [0.2, 0.25) is 0 Å². The summed E-state index contributed by atoms with van der Waals surface area (Å²) in [5.74, 6) is 0. The first-order valence-electron chi connectivity index (χ1n) is 7.35. The van der Waals surface area contributed by atoms with Crippen molar-refractivity contribution in [3.63, 3.8) is 0 Å². The summed E-state index contributed by atoms with van der Waals surface area (Å²) in [5, 5.41) is 3.45. The normalized spacial score (nSPS) is 13.2. The summed E-state index contributed by atoms with van der Waals surface area (Å²) in [6.45, 7) is 15.9. The van der Waals surface area contributed by atoms with E-state index in [9.17, 15) is 0 Å². The van der Waals surface area contributed by atoms with E-state index in [-0.39, 0.29) is 0 Å². The number of hydrogen-bond acceptors (Lipinski definition) is 4. The SMILES string of the molecule is CCNC(C)CCN(CCOCC)CCOCC. The van der Waals surface area contributed by atoms with E-state index in [1.165, 1.54) is 6.42 Å². The molecule has 0 amide bonds. The molecule has 0 aromatic heterocycles. The smallest absolute Gasteiger partial charge is 0.0593 e. The number of nitrogens with zero attached hydrogens (tertiary/aromatic N) is 1. The van der Waals surface area contributed by atoms with Crippen molar-refractivity contribution >= 4 is 0 Å². The standard InChI is InChI=1S/C14H32N2O2/c1-5-15-14(4)8-9-16(10-12-17-6-2)11-13-18-7-3/h14-15H,5-13H2,1-4H3. The zero-order valence-corrected chi connectivity index (χ0v) is 12.7. The molecule has 18 heavy (non-hydrogen) atoms. The Bertz CT molecular complexity index is 158. The third kappa shape index (κ3) is 11.0. The van der Waals surface area contributed by atoms with E-state index in [4.69, 9.17) is 9.47 Å². The summed E-state index contributed by atoms with van der Waals surface area (Å²) in [6, 6.07) is 0.580. The first kappa shape index (κ1) is 17.8. The molecule has 1 atom stereocenters. The molecule has 0 rings (SSSR count). The molecule has 0 fully saturated rings. The maximum Gasteiger partial charge on any atom is 0.0593 e. The molecular weight excluding hydrogens is 228 g/mol. The minimum atomic E-state index is 0.580. The lowest BCUT2D eigenvalue weighted by Gasteiger charge is -2.24. The molecule has 4 nitrogen and oxygen atoms in total. The summed E-state index contributed by atoms with van der Waals surface area (Å²) in [6.07, 6.45) is 1.17. The van der Waals surface area contributed by atoms with Crippen LogP contribution in [-0.4, -0.2) is 63.5 Å². The summed E-state index contributed by atoms with van der Waals surface area (Å²) >= 11 is 0. The van der Waals surface area contributed by atoms with Gasteiger partial charge in [0, 0.05) is 32.3 Å². The molecule has 1 N–H and O–H groups in total. The first-order chi connectivity index (χ1) is 8.74. The van der Waals surface area contributed by atoms with Crippen LogP contribution in [0, 0.1) is 0 Å². The topological polar surface area (TPSA) is 33.7 Å². The fraction of sp³-hybridized carbons (Fsp3) is 1.00. The van der Waals surface area contributed by atoms with Crippen molar-refractivity contribution in [1.82, 2.24) is 10.2 Å². The van der Waals surface area contributed by atoms with Gasteiger partial charge in [0.1, 0.15) is 0 Å². The van der Waals surface area contributed by atoms with Crippen molar-refractivity contribution in [3.8, 4) is 0 Å². The lowest BCUT2D eigenvalue weighted by molar-refractivity contribution is 0.0812. The number of hydrogen-bond donors (Lipinski definition) is 1. The van der Waals surface area contributed by atoms with Crippen molar-refractivity contribution in [2.45, 2.75) is 40.2 Å². The highest BCUT2D eigenvalue weighted by atomic mass is 16.5. The Kier molecular flexibility index (Phi) is 13.2. The van der Waals surface area contributed by atoms with Gasteiger partial charge in [-0.25, -0.2) is 0 Å². The number of rotatable bonds is 13. The molecule has 0 aromatic rings. The molecule has 1 unspecified atom stereocenters. The average Bonchev–Trinajstić information content (AvgIpc) is 2.36. The molecule has 0 aliphatic rings. The third-order valence-corrected chi connectivity index (χ3v) is 2.94. The summed E-state index contributed by atoms with van der Waals surface area (Å²) in [4.78, 5) is 2.43. The van der Waals surface area contributed by atoms with Crippen molar-refractivity contribution in [3.05, 3.63) is 0 Å². The van der Waals surface area contributed by atoms with Crippen molar-refractivity contribution in [1.29, 1.82) is 0 Å². The molecule has 0 saturated heterocycles. The van der Waals surface area contributed by atoms with E-state index < -0.39 is 0 Å². The lowest BCUT2D eigenvalue weighted by atomic mass is 10.2. The van der Waals surface area contributed by atoms with Gasteiger partial charge >= 0.3 is 0 Å². The van der Waals surface area contributed by atoms with Crippen molar-refractivity contribution in [2.24, 2.45) is 0 Å². The Morgan fingerprint density at radius 3 is 1.94 bits per heavy atom. The van der Waals surface area contributed by atoms with E-state index >= 15 is 0 Å². The van der Waals surface area contributed by atoms with E-state index in [0.717, 1.165) is 52.6 Å². The zero-order valence-electron chi connectivity index (χ0n) is 12.7. The summed E-state index contributed by atoms with van der Waals surface area (Å²) in [5.41, 5.74) is 0. The maximum absolute atomic E-state index is 5.43. The average molecular weight is 260 g/mol. The van der Waals surface area contributed by atoms with E-state index in [0.29, 0.717) is 6.04 Å². The van der Waals surface area contributed by atoms with Crippen LogP contribution in [0.2, 0.25) is 0 Å². The number of nitrogens with one attached hydrogen (secondary N) is 1.